The van der Waals surface area contributed by atoms with Gasteiger partial charge in [-0.1, -0.05) is 35.4 Å². The van der Waals surface area contributed by atoms with Crippen molar-refractivity contribution in [3.05, 3.63) is 41.0 Å². The van der Waals surface area contributed by atoms with Crippen molar-refractivity contribution in [1.29, 1.82) is 0 Å². The molecule has 138 valence electrons. The highest BCUT2D eigenvalue weighted by atomic mass is 16.5. The monoisotopic (exact) mass is 345 g/mol. The van der Waals surface area contributed by atoms with Crippen LogP contribution in [0.3, 0.4) is 0 Å². The molecule has 0 bridgehead atoms. The van der Waals surface area contributed by atoms with Gasteiger partial charge in [-0.05, 0) is 44.2 Å². The zero-order chi connectivity index (χ0) is 17.6. The van der Waals surface area contributed by atoms with Crippen molar-refractivity contribution in [1.82, 2.24) is 4.90 Å². The van der Waals surface area contributed by atoms with Crippen LogP contribution in [0, 0.1) is 13.8 Å². The maximum atomic E-state index is 10.3. The van der Waals surface area contributed by atoms with Crippen molar-refractivity contribution in [2.24, 2.45) is 0 Å². The van der Waals surface area contributed by atoms with Crippen molar-refractivity contribution in [2.45, 2.75) is 45.3 Å². The summed E-state index contributed by atoms with van der Waals surface area (Å²) in [6, 6.07) is 6.75. The maximum absolute atomic E-state index is 10.3. The van der Waals surface area contributed by atoms with Gasteiger partial charge in [0.05, 0.1) is 18.8 Å². The van der Waals surface area contributed by atoms with Crippen LogP contribution < -0.4 is 0 Å². The van der Waals surface area contributed by atoms with E-state index in [2.05, 4.69) is 43.0 Å². The molecule has 0 saturated carbocycles. The molecule has 2 heterocycles. The molecule has 0 radical (unpaired) electrons. The number of hydrogen-bond acceptors (Lipinski definition) is 4. The average molecular weight is 345 g/mol. The molecule has 4 nitrogen and oxygen atoms in total. The molecular weight excluding hydrogens is 314 g/mol. The molecule has 25 heavy (non-hydrogen) atoms. The lowest BCUT2D eigenvalue weighted by Gasteiger charge is -2.29. The second-order valence-corrected chi connectivity index (χ2v) is 7.41. The van der Waals surface area contributed by atoms with E-state index in [0.29, 0.717) is 13.2 Å². The zero-order valence-corrected chi connectivity index (χ0v) is 15.5. The molecule has 2 aliphatic rings. The number of benzene rings is 1. The predicted octanol–water partition coefficient (Wildman–Crippen LogP) is 2.95. The van der Waals surface area contributed by atoms with Crippen LogP contribution in [-0.4, -0.2) is 61.7 Å². The van der Waals surface area contributed by atoms with E-state index in [1.54, 1.807) is 0 Å². The molecule has 1 unspecified atom stereocenters. The molecule has 0 amide bonds. The minimum absolute atomic E-state index is 0.251. The smallest absolute Gasteiger partial charge is 0.0900 e. The lowest BCUT2D eigenvalue weighted by Crippen LogP contribution is -2.38. The summed E-state index contributed by atoms with van der Waals surface area (Å²) < 4.78 is 11.2. The van der Waals surface area contributed by atoms with Gasteiger partial charge in [0.25, 0.3) is 0 Å². The summed E-state index contributed by atoms with van der Waals surface area (Å²) in [4.78, 5) is 2.31. The molecule has 1 atom stereocenters. The Morgan fingerprint density at radius 3 is 2.56 bits per heavy atom. The van der Waals surface area contributed by atoms with E-state index in [0.717, 1.165) is 45.6 Å². The highest BCUT2D eigenvalue weighted by molar-refractivity contribution is 5.67. The summed E-state index contributed by atoms with van der Waals surface area (Å²) in [5.74, 6) is 0. The summed E-state index contributed by atoms with van der Waals surface area (Å²) in [5.41, 5.74) is 5.41. The van der Waals surface area contributed by atoms with Crippen LogP contribution in [0.4, 0.5) is 0 Å². The SMILES string of the molecule is Cc1cc(C)cc(C2=CCN(CC(O)COC3CCOCC3)CC2)c1. The Morgan fingerprint density at radius 1 is 1.20 bits per heavy atom. The van der Waals surface area contributed by atoms with Crippen LogP contribution >= 0.6 is 0 Å². The second-order valence-electron chi connectivity index (χ2n) is 7.41. The number of aliphatic hydroxyl groups is 1. The van der Waals surface area contributed by atoms with E-state index in [1.165, 1.54) is 22.3 Å². The number of rotatable bonds is 6. The van der Waals surface area contributed by atoms with Crippen molar-refractivity contribution < 1.29 is 14.6 Å². The van der Waals surface area contributed by atoms with E-state index in [-0.39, 0.29) is 6.10 Å². The molecule has 1 aromatic carbocycles. The van der Waals surface area contributed by atoms with Gasteiger partial charge >= 0.3 is 0 Å². The van der Waals surface area contributed by atoms with E-state index < -0.39 is 6.10 Å². The summed E-state index contributed by atoms with van der Waals surface area (Å²) in [6.07, 6.45) is 5.07. The Hall–Kier alpha value is -1.20. The van der Waals surface area contributed by atoms with Gasteiger partial charge < -0.3 is 14.6 Å². The third kappa shape index (κ3) is 5.65. The standard InChI is InChI=1S/C21H31NO3/c1-16-11-17(2)13-19(12-16)18-3-7-22(8-4-18)14-20(23)15-25-21-5-9-24-10-6-21/h3,11-13,20-21,23H,4-10,14-15H2,1-2H3. The lowest BCUT2D eigenvalue weighted by atomic mass is 9.96. The minimum Gasteiger partial charge on any atom is -0.389 e. The quantitative estimate of drug-likeness (QED) is 0.861. The van der Waals surface area contributed by atoms with Crippen molar-refractivity contribution in [3.63, 3.8) is 0 Å². The second kappa shape index (κ2) is 8.95. The van der Waals surface area contributed by atoms with Gasteiger partial charge in [-0.2, -0.15) is 0 Å². The number of aliphatic hydroxyl groups excluding tert-OH is 1. The van der Waals surface area contributed by atoms with Gasteiger partial charge in [0.1, 0.15) is 0 Å². The van der Waals surface area contributed by atoms with Crippen molar-refractivity contribution >= 4 is 5.57 Å². The van der Waals surface area contributed by atoms with Gasteiger partial charge in [-0.3, -0.25) is 4.90 Å². The number of nitrogens with zero attached hydrogens (tertiary/aromatic N) is 1. The first-order valence-corrected chi connectivity index (χ1v) is 9.47. The number of β-amino-alcohol motifs (C(OH)–C–C–N with tert-alkyl or cyclic N) is 1. The van der Waals surface area contributed by atoms with E-state index in [1.807, 2.05) is 0 Å². The molecule has 1 saturated heterocycles. The maximum Gasteiger partial charge on any atom is 0.0900 e. The Morgan fingerprint density at radius 2 is 1.92 bits per heavy atom. The first-order chi connectivity index (χ1) is 12.1. The molecule has 1 aromatic rings. The Bertz CT molecular complexity index is 573. The highest BCUT2D eigenvalue weighted by Gasteiger charge is 2.19. The first-order valence-electron chi connectivity index (χ1n) is 9.47. The highest BCUT2D eigenvalue weighted by Crippen LogP contribution is 2.24. The summed E-state index contributed by atoms with van der Waals surface area (Å²) >= 11 is 0. The fourth-order valence-corrected chi connectivity index (χ4v) is 3.74. The van der Waals surface area contributed by atoms with E-state index in [9.17, 15) is 5.11 Å². The van der Waals surface area contributed by atoms with Crippen LogP contribution in [0.1, 0.15) is 36.0 Å². The summed E-state index contributed by atoms with van der Waals surface area (Å²) in [7, 11) is 0. The molecule has 0 aromatic heterocycles. The fraction of sp³-hybridized carbons (Fsp3) is 0.619. The average Bonchev–Trinajstić information content (AvgIpc) is 2.61. The molecule has 0 aliphatic carbocycles. The topological polar surface area (TPSA) is 41.9 Å². The number of ether oxygens (including phenoxy) is 2. The first kappa shape index (κ1) is 18.6. The van der Waals surface area contributed by atoms with Crippen LogP contribution in [0.15, 0.2) is 24.3 Å². The molecule has 1 N–H and O–H groups in total. The number of hydrogen-bond donors (Lipinski definition) is 1. The van der Waals surface area contributed by atoms with Gasteiger partial charge in [0, 0.05) is 32.8 Å². The summed E-state index contributed by atoms with van der Waals surface area (Å²) in [5, 5.41) is 10.3. The van der Waals surface area contributed by atoms with Crippen LogP contribution in [0.25, 0.3) is 5.57 Å². The number of aryl methyl sites for hydroxylation is 2. The van der Waals surface area contributed by atoms with Gasteiger partial charge in [0.2, 0.25) is 0 Å². The molecule has 0 spiro atoms. The van der Waals surface area contributed by atoms with Crippen molar-refractivity contribution in [2.75, 3.05) is 39.5 Å². The summed E-state index contributed by atoms with van der Waals surface area (Å²) in [6.45, 7) is 8.86. The Kier molecular flexibility index (Phi) is 6.65. The molecular formula is C21H31NO3. The Labute approximate surface area is 151 Å². The van der Waals surface area contributed by atoms with Crippen LogP contribution in [-0.2, 0) is 9.47 Å². The van der Waals surface area contributed by atoms with Gasteiger partial charge in [-0.15, -0.1) is 0 Å². The van der Waals surface area contributed by atoms with Gasteiger partial charge in [0.15, 0.2) is 0 Å². The molecule has 3 rings (SSSR count). The lowest BCUT2D eigenvalue weighted by molar-refractivity contribution is -0.0637. The zero-order valence-electron chi connectivity index (χ0n) is 15.5. The minimum atomic E-state index is -0.418. The molecule has 1 fully saturated rings. The third-order valence-corrected chi connectivity index (χ3v) is 5.05. The molecule has 2 aliphatic heterocycles. The van der Waals surface area contributed by atoms with E-state index >= 15 is 0 Å². The predicted molar refractivity (Wildman–Crippen MR) is 101 cm³/mol. The van der Waals surface area contributed by atoms with Crippen LogP contribution in [0.2, 0.25) is 0 Å². The largest absolute Gasteiger partial charge is 0.389 e. The van der Waals surface area contributed by atoms with Gasteiger partial charge in [-0.25, -0.2) is 0 Å². The normalized spacial score (nSPS) is 21.2. The fourth-order valence-electron chi connectivity index (χ4n) is 3.74. The third-order valence-electron chi connectivity index (χ3n) is 5.05. The molecule has 4 heteroatoms. The van der Waals surface area contributed by atoms with E-state index in [4.69, 9.17) is 9.47 Å². The van der Waals surface area contributed by atoms with Crippen molar-refractivity contribution in [3.8, 4) is 0 Å². The van der Waals surface area contributed by atoms with Crippen LogP contribution in [0.5, 0.6) is 0 Å². The Balaban J connectivity index is 1.45.